The van der Waals surface area contributed by atoms with E-state index in [9.17, 15) is 14.3 Å². The molecule has 4 rings (SSSR count). The molecule has 1 saturated carbocycles. The minimum Gasteiger partial charge on any atom is -0.493 e. The van der Waals surface area contributed by atoms with E-state index in [2.05, 4.69) is 9.97 Å². The number of aromatic nitrogens is 3. The van der Waals surface area contributed by atoms with Crippen molar-refractivity contribution in [2.45, 2.75) is 18.4 Å². The fourth-order valence-electron chi connectivity index (χ4n) is 3.08. The first kappa shape index (κ1) is 15.1. The lowest BCUT2D eigenvalue weighted by Crippen LogP contribution is -2.15. The third-order valence-electron chi connectivity index (χ3n) is 4.48. The Kier molecular flexibility index (Phi) is 3.39. The number of aromatic amines is 1. The molecule has 2 N–H and O–H groups in total. The van der Waals surface area contributed by atoms with Crippen LogP contribution < -0.4 is 5.69 Å². The fraction of sp³-hybridized carbons (Fsp3) is 0.167. The Morgan fingerprint density at radius 1 is 1.36 bits per heavy atom. The molecule has 0 amide bonds. The SMILES string of the molecule is N#Cc1cc(-c2ccc([C@H]3C[C@@H]3n3c(O)c[nH]c3=O)cn2)ccc1F. The number of imidazole rings is 1. The molecule has 124 valence electrons. The molecule has 0 radical (unpaired) electrons. The van der Waals surface area contributed by atoms with Gasteiger partial charge in [0.25, 0.3) is 0 Å². The van der Waals surface area contributed by atoms with Gasteiger partial charge < -0.3 is 10.1 Å². The highest BCUT2D eigenvalue weighted by atomic mass is 19.1. The zero-order valence-electron chi connectivity index (χ0n) is 13.0. The van der Waals surface area contributed by atoms with Crippen LogP contribution in [0.15, 0.2) is 47.5 Å². The number of benzene rings is 1. The summed E-state index contributed by atoms with van der Waals surface area (Å²) in [5.41, 5.74) is 1.91. The molecule has 25 heavy (non-hydrogen) atoms. The summed E-state index contributed by atoms with van der Waals surface area (Å²) in [6.07, 6.45) is 3.74. The number of H-pyrrole nitrogens is 1. The van der Waals surface area contributed by atoms with Crippen LogP contribution in [-0.4, -0.2) is 19.6 Å². The van der Waals surface area contributed by atoms with Gasteiger partial charge in [-0.3, -0.25) is 9.55 Å². The minimum absolute atomic E-state index is 0.0204. The molecule has 0 unspecified atom stereocenters. The van der Waals surface area contributed by atoms with E-state index < -0.39 is 5.82 Å². The van der Waals surface area contributed by atoms with Gasteiger partial charge in [-0.25, -0.2) is 9.18 Å². The molecule has 1 aliphatic carbocycles. The first-order valence-electron chi connectivity index (χ1n) is 7.73. The lowest BCUT2D eigenvalue weighted by atomic mass is 10.1. The van der Waals surface area contributed by atoms with Crippen LogP contribution in [0, 0.1) is 17.1 Å². The van der Waals surface area contributed by atoms with Gasteiger partial charge in [-0.15, -0.1) is 0 Å². The Hall–Kier alpha value is -3.40. The molecule has 1 aliphatic rings. The van der Waals surface area contributed by atoms with Crippen LogP contribution in [0.5, 0.6) is 5.88 Å². The standard InChI is InChI=1S/C18H13FN4O2/c19-14-3-1-10(5-12(14)7-20)15-4-2-11(8-21-15)13-6-16(13)23-17(24)9-22-18(23)25/h1-5,8-9,13,16,24H,6H2,(H,22,25)/t13-,16+/m1/s1. The molecular weight excluding hydrogens is 323 g/mol. The monoisotopic (exact) mass is 336 g/mol. The van der Waals surface area contributed by atoms with Gasteiger partial charge in [0.05, 0.1) is 17.5 Å². The van der Waals surface area contributed by atoms with Crippen molar-refractivity contribution >= 4 is 0 Å². The van der Waals surface area contributed by atoms with E-state index in [1.165, 1.54) is 22.9 Å². The van der Waals surface area contributed by atoms with E-state index in [0.29, 0.717) is 11.3 Å². The molecule has 2 heterocycles. The number of nitriles is 1. The summed E-state index contributed by atoms with van der Waals surface area (Å²) in [5.74, 6) is -0.512. The van der Waals surface area contributed by atoms with E-state index in [1.54, 1.807) is 18.3 Å². The van der Waals surface area contributed by atoms with Crippen LogP contribution in [-0.2, 0) is 0 Å². The van der Waals surface area contributed by atoms with Crippen LogP contribution in [0.2, 0.25) is 0 Å². The highest BCUT2D eigenvalue weighted by Crippen LogP contribution is 2.51. The molecule has 0 bridgehead atoms. The maximum Gasteiger partial charge on any atom is 0.328 e. The van der Waals surface area contributed by atoms with Crippen molar-refractivity contribution in [3.63, 3.8) is 0 Å². The van der Waals surface area contributed by atoms with Crippen LogP contribution in [0.3, 0.4) is 0 Å². The number of nitrogens with one attached hydrogen (secondary N) is 1. The normalized spacial score (nSPS) is 18.7. The average molecular weight is 336 g/mol. The third-order valence-corrected chi connectivity index (χ3v) is 4.48. The molecule has 6 nitrogen and oxygen atoms in total. The highest BCUT2D eigenvalue weighted by molar-refractivity contribution is 5.61. The lowest BCUT2D eigenvalue weighted by molar-refractivity contribution is 0.413. The largest absolute Gasteiger partial charge is 0.493 e. The summed E-state index contributed by atoms with van der Waals surface area (Å²) in [5, 5.41) is 18.6. The topological polar surface area (TPSA) is 94.7 Å². The predicted molar refractivity (Wildman–Crippen MR) is 87.5 cm³/mol. The Morgan fingerprint density at radius 3 is 2.84 bits per heavy atom. The van der Waals surface area contributed by atoms with Crippen molar-refractivity contribution in [2.24, 2.45) is 0 Å². The Bertz CT molecular complexity index is 1050. The number of hydrogen-bond donors (Lipinski definition) is 2. The van der Waals surface area contributed by atoms with Crippen molar-refractivity contribution in [3.8, 4) is 23.2 Å². The number of aromatic hydroxyl groups is 1. The van der Waals surface area contributed by atoms with Crippen molar-refractivity contribution in [1.82, 2.24) is 14.5 Å². The molecule has 0 aliphatic heterocycles. The number of pyridine rings is 1. The van der Waals surface area contributed by atoms with Crippen LogP contribution >= 0.6 is 0 Å². The maximum absolute atomic E-state index is 13.4. The van der Waals surface area contributed by atoms with E-state index in [1.807, 2.05) is 12.1 Å². The summed E-state index contributed by atoms with van der Waals surface area (Å²) in [4.78, 5) is 18.5. The van der Waals surface area contributed by atoms with Gasteiger partial charge in [0, 0.05) is 23.7 Å². The maximum atomic E-state index is 13.4. The first-order valence-corrected chi connectivity index (χ1v) is 7.73. The zero-order valence-corrected chi connectivity index (χ0v) is 13.0. The molecule has 2 atom stereocenters. The smallest absolute Gasteiger partial charge is 0.328 e. The van der Waals surface area contributed by atoms with Crippen molar-refractivity contribution in [1.29, 1.82) is 5.26 Å². The average Bonchev–Trinajstić information content (AvgIpc) is 3.34. The van der Waals surface area contributed by atoms with E-state index in [4.69, 9.17) is 5.26 Å². The summed E-state index contributed by atoms with van der Waals surface area (Å²) in [6, 6.07) is 9.74. The van der Waals surface area contributed by atoms with Gasteiger partial charge in [-0.2, -0.15) is 5.26 Å². The molecule has 1 fully saturated rings. The molecule has 0 saturated heterocycles. The Balaban J connectivity index is 1.58. The predicted octanol–water partition coefficient (Wildman–Crippen LogP) is 2.68. The molecule has 2 aromatic heterocycles. The second-order valence-corrected chi connectivity index (χ2v) is 6.01. The third kappa shape index (κ3) is 2.58. The second-order valence-electron chi connectivity index (χ2n) is 6.01. The molecular formula is C18H13FN4O2. The molecule has 7 heteroatoms. The van der Waals surface area contributed by atoms with Crippen molar-refractivity contribution in [2.75, 3.05) is 0 Å². The van der Waals surface area contributed by atoms with E-state index >= 15 is 0 Å². The molecule has 1 aromatic carbocycles. The lowest BCUT2D eigenvalue weighted by Gasteiger charge is -2.05. The summed E-state index contributed by atoms with van der Waals surface area (Å²) in [6.45, 7) is 0. The van der Waals surface area contributed by atoms with Gasteiger partial charge in [0.1, 0.15) is 11.9 Å². The quantitative estimate of drug-likeness (QED) is 0.769. The Morgan fingerprint density at radius 2 is 2.20 bits per heavy atom. The van der Waals surface area contributed by atoms with E-state index in [-0.39, 0.29) is 29.1 Å². The highest BCUT2D eigenvalue weighted by Gasteiger charge is 2.42. The van der Waals surface area contributed by atoms with Crippen LogP contribution in [0.4, 0.5) is 4.39 Å². The van der Waals surface area contributed by atoms with Gasteiger partial charge in [0.15, 0.2) is 0 Å². The second kappa shape index (κ2) is 5.60. The van der Waals surface area contributed by atoms with Crippen LogP contribution in [0.25, 0.3) is 11.3 Å². The summed E-state index contributed by atoms with van der Waals surface area (Å²) < 4.78 is 14.8. The van der Waals surface area contributed by atoms with Crippen molar-refractivity contribution in [3.05, 3.63) is 70.2 Å². The molecule has 0 spiro atoms. The first-order chi connectivity index (χ1) is 12.1. The van der Waals surface area contributed by atoms with Gasteiger partial charge in [-0.05, 0) is 36.2 Å². The summed E-state index contributed by atoms with van der Waals surface area (Å²) >= 11 is 0. The van der Waals surface area contributed by atoms with Crippen molar-refractivity contribution < 1.29 is 9.50 Å². The Labute approximate surface area is 141 Å². The summed E-state index contributed by atoms with van der Waals surface area (Å²) in [7, 11) is 0. The fourth-order valence-corrected chi connectivity index (χ4v) is 3.08. The number of halogens is 1. The van der Waals surface area contributed by atoms with Gasteiger partial charge in [-0.1, -0.05) is 6.07 Å². The van der Waals surface area contributed by atoms with Crippen LogP contribution in [0.1, 0.15) is 29.5 Å². The van der Waals surface area contributed by atoms with Gasteiger partial charge in [0.2, 0.25) is 5.88 Å². The van der Waals surface area contributed by atoms with Gasteiger partial charge >= 0.3 is 5.69 Å². The van der Waals surface area contributed by atoms with E-state index in [0.717, 1.165) is 12.0 Å². The number of hydrogen-bond acceptors (Lipinski definition) is 4. The minimum atomic E-state index is -0.555. The zero-order chi connectivity index (χ0) is 17.6. The molecule has 3 aromatic rings. The number of rotatable bonds is 3. The number of nitrogens with zero attached hydrogens (tertiary/aromatic N) is 3.